The molecule has 3 N–H and O–H groups in total. The Balaban J connectivity index is 1.68. The third-order valence-corrected chi connectivity index (χ3v) is 6.20. The summed E-state index contributed by atoms with van der Waals surface area (Å²) >= 11 is 0. The Bertz CT molecular complexity index is 998. The van der Waals surface area contributed by atoms with Crippen molar-refractivity contribution >= 4 is 18.0 Å². The Morgan fingerprint density at radius 1 is 0.971 bits per heavy atom. The fraction of sp³-hybridized carbons (Fsp3) is 0.444. The topological polar surface area (TPSA) is 105 Å². The van der Waals surface area contributed by atoms with Gasteiger partial charge in [-0.2, -0.15) is 0 Å². The number of rotatable bonds is 9. The molecule has 0 bridgehead atoms. The molecule has 1 aliphatic carbocycles. The van der Waals surface area contributed by atoms with Crippen molar-refractivity contribution in [2.75, 3.05) is 6.61 Å². The molecule has 182 valence electrons. The second-order valence-corrected chi connectivity index (χ2v) is 9.81. The van der Waals surface area contributed by atoms with Crippen molar-refractivity contribution in [2.24, 2.45) is 5.41 Å². The number of hydrogen-bond acceptors (Lipinski definition) is 4. The van der Waals surface area contributed by atoms with E-state index in [1.807, 2.05) is 64.1 Å². The minimum atomic E-state index is -1.09. The summed E-state index contributed by atoms with van der Waals surface area (Å²) in [7, 11) is 0. The number of benzene rings is 2. The number of ether oxygens (including phenoxy) is 1. The summed E-state index contributed by atoms with van der Waals surface area (Å²) in [5, 5.41) is 14.7. The lowest BCUT2D eigenvalue weighted by molar-refractivity contribution is -0.142. The molecular formula is C27H34N2O5. The van der Waals surface area contributed by atoms with Crippen LogP contribution in [0.2, 0.25) is 0 Å². The maximum Gasteiger partial charge on any atom is 0.407 e. The van der Waals surface area contributed by atoms with Crippen molar-refractivity contribution in [1.29, 1.82) is 0 Å². The van der Waals surface area contributed by atoms with E-state index < -0.39 is 35.5 Å². The second-order valence-electron chi connectivity index (χ2n) is 9.81. The molecule has 2 unspecified atom stereocenters. The molecule has 2 aromatic carbocycles. The molecule has 0 saturated carbocycles. The van der Waals surface area contributed by atoms with E-state index >= 15 is 0 Å². The van der Waals surface area contributed by atoms with Crippen LogP contribution in [0.15, 0.2) is 48.5 Å². The van der Waals surface area contributed by atoms with Gasteiger partial charge in [-0.1, -0.05) is 89.1 Å². The largest absolute Gasteiger partial charge is 0.480 e. The first-order chi connectivity index (χ1) is 16.1. The average Bonchev–Trinajstić information content (AvgIpc) is 3.11. The van der Waals surface area contributed by atoms with Crippen LogP contribution in [0.1, 0.15) is 64.0 Å². The molecule has 0 aromatic heterocycles. The highest BCUT2D eigenvalue weighted by molar-refractivity contribution is 5.90. The van der Waals surface area contributed by atoms with Gasteiger partial charge in [-0.3, -0.25) is 4.79 Å². The summed E-state index contributed by atoms with van der Waals surface area (Å²) in [6.07, 6.45) is 1.12. The Kier molecular flexibility index (Phi) is 7.97. The van der Waals surface area contributed by atoms with E-state index in [1.165, 1.54) is 0 Å². The summed E-state index contributed by atoms with van der Waals surface area (Å²) in [5.74, 6) is -1.72. The Morgan fingerprint density at radius 3 is 2.03 bits per heavy atom. The maximum absolute atomic E-state index is 12.9. The number of unbranched alkanes of at least 4 members (excludes halogenated alkanes) is 1. The predicted octanol–water partition coefficient (Wildman–Crippen LogP) is 4.70. The number of carbonyl (C=O) groups is 3. The van der Waals surface area contributed by atoms with Gasteiger partial charge in [0.25, 0.3) is 0 Å². The number of alkyl carbamates (subject to hydrolysis) is 1. The second kappa shape index (κ2) is 10.7. The van der Waals surface area contributed by atoms with E-state index in [0.717, 1.165) is 28.7 Å². The van der Waals surface area contributed by atoms with Gasteiger partial charge in [0.2, 0.25) is 5.91 Å². The van der Waals surface area contributed by atoms with Gasteiger partial charge in [0.15, 0.2) is 0 Å². The van der Waals surface area contributed by atoms with E-state index in [0.29, 0.717) is 12.8 Å². The first kappa shape index (κ1) is 25.3. The summed E-state index contributed by atoms with van der Waals surface area (Å²) in [6, 6.07) is 14.2. The van der Waals surface area contributed by atoms with Crippen LogP contribution in [-0.2, 0) is 14.3 Å². The molecule has 3 rings (SSSR count). The average molecular weight is 467 g/mol. The van der Waals surface area contributed by atoms with Gasteiger partial charge >= 0.3 is 12.1 Å². The highest BCUT2D eigenvalue weighted by Crippen LogP contribution is 2.44. The molecule has 0 radical (unpaired) electrons. The lowest BCUT2D eigenvalue weighted by Gasteiger charge is -2.31. The maximum atomic E-state index is 12.9. The fourth-order valence-corrected chi connectivity index (χ4v) is 4.35. The number of carboxylic acid groups (broad SMARTS) is 1. The third kappa shape index (κ3) is 5.76. The molecule has 7 heteroatoms. The molecule has 0 heterocycles. The van der Waals surface area contributed by atoms with Crippen molar-refractivity contribution in [3.05, 3.63) is 59.7 Å². The van der Waals surface area contributed by atoms with Gasteiger partial charge < -0.3 is 20.5 Å². The number of amides is 2. The Labute approximate surface area is 200 Å². The minimum absolute atomic E-state index is 0.0921. The molecule has 0 aliphatic heterocycles. The van der Waals surface area contributed by atoms with Crippen LogP contribution in [0.4, 0.5) is 4.79 Å². The molecule has 1 aliphatic rings. The lowest BCUT2D eigenvalue weighted by atomic mass is 9.86. The van der Waals surface area contributed by atoms with Gasteiger partial charge in [-0.15, -0.1) is 0 Å². The van der Waals surface area contributed by atoms with E-state index in [1.54, 1.807) is 0 Å². The smallest absolute Gasteiger partial charge is 0.407 e. The minimum Gasteiger partial charge on any atom is -0.480 e. The number of aliphatic carboxylic acids is 1. The van der Waals surface area contributed by atoms with Crippen LogP contribution >= 0.6 is 0 Å². The third-order valence-electron chi connectivity index (χ3n) is 6.20. The normalized spacial score (nSPS) is 14.5. The van der Waals surface area contributed by atoms with Crippen molar-refractivity contribution in [3.8, 4) is 11.1 Å². The molecule has 0 fully saturated rings. The van der Waals surface area contributed by atoms with Crippen molar-refractivity contribution in [2.45, 2.75) is 65.0 Å². The summed E-state index contributed by atoms with van der Waals surface area (Å²) < 4.78 is 5.59. The number of carbonyl (C=O) groups excluding carboxylic acids is 2. The zero-order valence-electron chi connectivity index (χ0n) is 20.3. The van der Waals surface area contributed by atoms with Crippen molar-refractivity contribution in [3.63, 3.8) is 0 Å². The first-order valence-corrected chi connectivity index (χ1v) is 11.8. The van der Waals surface area contributed by atoms with E-state index in [2.05, 4.69) is 22.8 Å². The molecule has 2 atom stereocenters. The predicted molar refractivity (Wildman–Crippen MR) is 131 cm³/mol. The van der Waals surface area contributed by atoms with Crippen LogP contribution in [0.5, 0.6) is 0 Å². The van der Waals surface area contributed by atoms with Gasteiger partial charge in [-0.05, 0) is 34.1 Å². The molecule has 0 saturated heterocycles. The summed E-state index contributed by atoms with van der Waals surface area (Å²) in [5.41, 5.74) is 3.81. The van der Waals surface area contributed by atoms with Gasteiger partial charge in [-0.25, -0.2) is 9.59 Å². The quantitative estimate of drug-likeness (QED) is 0.497. The van der Waals surface area contributed by atoms with Gasteiger partial charge in [0, 0.05) is 5.92 Å². The molecule has 2 aromatic rings. The summed E-state index contributed by atoms with van der Waals surface area (Å²) in [6.45, 7) is 7.51. The van der Waals surface area contributed by atoms with Crippen LogP contribution in [0.3, 0.4) is 0 Å². The lowest BCUT2D eigenvalue weighted by Crippen LogP contribution is -2.56. The van der Waals surface area contributed by atoms with E-state index in [-0.39, 0.29) is 12.5 Å². The zero-order chi connectivity index (χ0) is 24.9. The Hall–Kier alpha value is -3.35. The Morgan fingerprint density at radius 2 is 1.53 bits per heavy atom. The number of nitrogens with one attached hydrogen (secondary N) is 2. The molecule has 0 spiro atoms. The van der Waals surface area contributed by atoms with Gasteiger partial charge in [0.05, 0.1) is 0 Å². The number of carboxylic acids is 1. The SMILES string of the molecule is CCCCC(NC(=O)C(NC(=O)OCC1c2ccccc2-c2ccccc21)C(C)(C)C)C(=O)O. The monoisotopic (exact) mass is 466 g/mol. The van der Waals surface area contributed by atoms with E-state index in [4.69, 9.17) is 4.74 Å². The van der Waals surface area contributed by atoms with Crippen LogP contribution in [0.25, 0.3) is 11.1 Å². The molecule has 7 nitrogen and oxygen atoms in total. The molecule has 2 amide bonds. The standard InChI is InChI=1S/C27H34N2O5/c1-5-6-15-22(25(31)32)28-24(30)23(27(2,3)4)29-26(33)34-16-21-19-13-9-7-11-17(19)18-12-8-10-14-20(18)21/h7-14,21-23H,5-6,15-16H2,1-4H3,(H,28,30)(H,29,33)(H,31,32). The van der Waals surface area contributed by atoms with Crippen LogP contribution in [-0.4, -0.2) is 41.8 Å². The summed E-state index contributed by atoms with van der Waals surface area (Å²) in [4.78, 5) is 37.3. The van der Waals surface area contributed by atoms with Crippen LogP contribution in [0, 0.1) is 5.41 Å². The van der Waals surface area contributed by atoms with Crippen molar-refractivity contribution in [1.82, 2.24) is 10.6 Å². The molecule has 34 heavy (non-hydrogen) atoms. The zero-order valence-corrected chi connectivity index (χ0v) is 20.3. The fourth-order valence-electron chi connectivity index (χ4n) is 4.35. The van der Waals surface area contributed by atoms with Crippen LogP contribution < -0.4 is 10.6 Å². The highest BCUT2D eigenvalue weighted by atomic mass is 16.5. The number of fused-ring (bicyclic) bond motifs is 3. The van der Waals surface area contributed by atoms with E-state index in [9.17, 15) is 19.5 Å². The number of hydrogen-bond donors (Lipinski definition) is 3. The highest BCUT2D eigenvalue weighted by Gasteiger charge is 2.36. The first-order valence-electron chi connectivity index (χ1n) is 11.8. The van der Waals surface area contributed by atoms with Gasteiger partial charge in [0.1, 0.15) is 18.7 Å². The van der Waals surface area contributed by atoms with Crippen molar-refractivity contribution < 1.29 is 24.2 Å². The molecular weight excluding hydrogens is 432 g/mol.